The van der Waals surface area contributed by atoms with Crippen molar-refractivity contribution in [2.75, 3.05) is 11.5 Å². The summed E-state index contributed by atoms with van der Waals surface area (Å²) in [5.41, 5.74) is 1.49. The summed E-state index contributed by atoms with van der Waals surface area (Å²) in [5, 5.41) is 0.673. The monoisotopic (exact) mass is 524 g/mol. The van der Waals surface area contributed by atoms with Crippen molar-refractivity contribution in [1.29, 1.82) is 0 Å². The molecule has 1 aliphatic heterocycles. The fourth-order valence-electron chi connectivity index (χ4n) is 3.96. The van der Waals surface area contributed by atoms with Crippen LogP contribution in [0.4, 0.5) is 5.13 Å². The number of thiazole rings is 1. The molecule has 4 aromatic rings. The standard InChI is InChI=1S/C24H17BrN2O5S/c1-3-31-23(30)21-12(2)26-24(33-21)27-18(13-7-5-4-6-8-13)17-19(28)15-11-14(25)9-10-16(15)32-20(17)22(27)29/h4-11,18H,3H2,1-2H3. The first-order valence-corrected chi connectivity index (χ1v) is 11.8. The number of nitrogens with zero attached hydrogens (tertiary/aromatic N) is 2. The number of anilines is 1. The maximum atomic E-state index is 13.6. The van der Waals surface area contributed by atoms with Crippen LogP contribution in [0.5, 0.6) is 0 Å². The first kappa shape index (κ1) is 21.5. The van der Waals surface area contributed by atoms with Crippen molar-refractivity contribution in [1.82, 2.24) is 4.98 Å². The normalized spacial score (nSPS) is 15.2. The number of benzene rings is 2. The van der Waals surface area contributed by atoms with Gasteiger partial charge in [0.25, 0.3) is 5.91 Å². The number of hydrogen-bond acceptors (Lipinski definition) is 7. The minimum Gasteiger partial charge on any atom is -0.462 e. The van der Waals surface area contributed by atoms with E-state index in [4.69, 9.17) is 9.15 Å². The van der Waals surface area contributed by atoms with Crippen molar-refractivity contribution in [2.45, 2.75) is 19.9 Å². The molecule has 5 rings (SSSR count). The molecule has 0 N–H and O–H groups in total. The van der Waals surface area contributed by atoms with E-state index in [0.29, 0.717) is 26.7 Å². The highest BCUT2D eigenvalue weighted by Crippen LogP contribution is 2.43. The van der Waals surface area contributed by atoms with Crippen LogP contribution in [-0.4, -0.2) is 23.5 Å². The topological polar surface area (TPSA) is 89.7 Å². The van der Waals surface area contributed by atoms with Gasteiger partial charge in [0.2, 0.25) is 5.76 Å². The van der Waals surface area contributed by atoms with E-state index in [-0.39, 0.29) is 23.4 Å². The van der Waals surface area contributed by atoms with Crippen molar-refractivity contribution in [2.24, 2.45) is 0 Å². The lowest BCUT2D eigenvalue weighted by Gasteiger charge is -2.22. The van der Waals surface area contributed by atoms with Gasteiger partial charge in [-0.15, -0.1) is 0 Å². The van der Waals surface area contributed by atoms with Gasteiger partial charge in [0.05, 0.1) is 29.3 Å². The van der Waals surface area contributed by atoms with Gasteiger partial charge in [-0.25, -0.2) is 9.78 Å². The average Bonchev–Trinajstić information content (AvgIpc) is 3.33. The second kappa shape index (κ2) is 8.24. The van der Waals surface area contributed by atoms with Gasteiger partial charge in [-0.2, -0.15) is 0 Å². The van der Waals surface area contributed by atoms with Crippen LogP contribution in [0.15, 0.2) is 62.2 Å². The lowest BCUT2D eigenvalue weighted by atomic mass is 9.99. The summed E-state index contributed by atoms with van der Waals surface area (Å²) in [6, 6.07) is 13.6. The van der Waals surface area contributed by atoms with Gasteiger partial charge in [0, 0.05) is 4.47 Å². The first-order valence-electron chi connectivity index (χ1n) is 10.2. The molecular weight excluding hydrogens is 508 g/mol. The number of ether oxygens (including phenoxy) is 1. The molecule has 3 heterocycles. The molecule has 1 amide bonds. The van der Waals surface area contributed by atoms with Crippen LogP contribution in [-0.2, 0) is 4.74 Å². The number of rotatable bonds is 4. The quantitative estimate of drug-likeness (QED) is 0.339. The first-order chi connectivity index (χ1) is 15.9. The Morgan fingerprint density at radius 1 is 1.21 bits per heavy atom. The van der Waals surface area contributed by atoms with Gasteiger partial charge in [-0.3, -0.25) is 14.5 Å². The van der Waals surface area contributed by atoms with Crippen LogP contribution in [0, 0.1) is 6.92 Å². The van der Waals surface area contributed by atoms with Crippen molar-refractivity contribution in [3.63, 3.8) is 0 Å². The molecule has 0 saturated heterocycles. The van der Waals surface area contributed by atoms with Gasteiger partial charge < -0.3 is 9.15 Å². The summed E-state index contributed by atoms with van der Waals surface area (Å²) in [4.78, 5) is 45.8. The fraction of sp³-hybridized carbons (Fsp3) is 0.167. The Hall–Kier alpha value is -3.30. The van der Waals surface area contributed by atoms with Crippen LogP contribution >= 0.6 is 27.3 Å². The van der Waals surface area contributed by atoms with Crippen molar-refractivity contribution < 1.29 is 18.7 Å². The maximum absolute atomic E-state index is 13.6. The van der Waals surface area contributed by atoms with Crippen molar-refractivity contribution in [3.05, 3.63) is 90.7 Å². The van der Waals surface area contributed by atoms with E-state index in [1.807, 2.05) is 30.3 Å². The van der Waals surface area contributed by atoms with Crippen LogP contribution in [0.3, 0.4) is 0 Å². The molecule has 1 unspecified atom stereocenters. The largest absolute Gasteiger partial charge is 0.462 e. The van der Waals surface area contributed by atoms with E-state index in [9.17, 15) is 14.4 Å². The third-order valence-electron chi connectivity index (χ3n) is 5.40. The Bertz CT molecular complexity index is 1480. The smallest absolute Gasteiger partial charge is 0.350 e. The number of amides is 1. The molecule has 7 nitrogen and oxygen atoms in total. The van der Waals surface area contributed by atoms with Gasteiger partial charge in [-0.05, 0) is 37.6 Å². The average molecular weight is 525 g/mol. The highest BCUT2D eigenvalue weighted by atomic mass is 79.9. The van der Waals surface area contributed by atoms with Gasteiger partial charge >= 0.3 is 5.97 Å². The van der Waals surface area contributed by atoms with E-state index in [1.165, 1.54) is 4.90 Å². The van der Waals surface area contributed by atoms with Crippen LogP contribution < -0.4 is 10.3 Å². The Balaban J connectivity index is 1.75. The fourth-order valence-corrected chi connectivity index (χ4v) is 5.31. The van der Waals surface area contributed by atoms with Crippen molar-refractivity contribution in [3.8, 4) is 0 Å². The zero-order chi connectivity index (χ0) is 23.3. The Kier molecular flexibility index (Phi) is 5.38. The summed E-state index contributed by atoms with van der Waals surface area (Å²) in [6.07, 6.45) is 0. The van der Waals surface area contributed by atoms with E-state index in [0.717, 1.165) is 21.4 Å². The molecule has 0 fully saturated rings. The molecule has 166 valence electrons. The van der Waals surface area contributed by atoms with Crippen LogP contribution in [0.1, 0.15) is 50.0 Å². The van der Waals surface area contributed by atoms with Crippen LogP contribution in [0.2, 0.25) is 0 Å². The molecule has 9 heteroatoms. The third-order valence-corrected chi connectivity index (χ3v) is 7.03. The highest BCUT2D eigenvalue weighted by molar-refractivity contribution is 9.10. The van der Waals surface area contributed by atoms with Gasteiger partial charge in [-0.1, -0.05) is 57.6 Å². The second-order valence-corrected chi connectivity index (χ2v) is 9.33. The molecule has 0 spiro atoms. The lowest BCUT2D eigenvalue weighted by molar-refractivity contribution is 0.0531. The summed E-state index contributed by atoms with van der Waals surface area (Å²) in [5.74, 6) is -0.997. The van der Waals surface area contributed by atoms with Gasteiger partial charge in [0.1, 0.15) is 10.5 Å². The predicted molar refractivity (Wildman–Crippen MR) is 128 cm³/mol. The van der Waals surface area contributed by atoms with E-state index >= 15 is 0 Å². The molecule has 1 atom stereocenters. The number of carbonyl (C=O) groups excluding carboxylic acids is 2. The van der Waals surface area contributed by atoms with E-state index in [1.54, 1.807) is 32.0 Å². The lowest BCUT2D eigenvalue weighted by Crippen LogP contribution is -2.29. The zero-order valence-corrected chi connectivity index (χ0v) is 20.0. The number of hydrogen-bond donors (Lipinski definition) is 0. The third kappa shape index (κ3) is 3.48. The molecule has 0 aliphatic carbocycles. The number of aryl methyl sites for hydroxylation is 1. The van der Waals surface area contributed by atoms with Crippen molar-refractivity contribution >= 4 is 55.2 Å². The Morgan fingerprint density at radius 3 is 2.70 bits per heavy atom. The summed E-state index contributed by atoms with van der Waals surface area (Å²) in [7, 11) is 0. The Morgan fingerprint density at radius 2 is 1.97 bits per heavy atom. The molecular formula is C24H17BrN2O5S. The molecule has 0 radical (unpaired) electrons. The zero-order valence-electron chi connectivity index (χ0n) is 17.6. The Labute approximate surface area is 200 Å². The minimum absolute atomic E-state index is 0.0192. The summed E-state index contributed by atoms with van der Waals surface area (Å²) in [6.45, 7) is 3.64. The van der Waals surface area contributed by atoms with E-state index < -0.39 is 17.9 Å². The minimum atomic E-state index is -0.742. The summed E-state index contributed by atoms with van der Waals surface area (Å²) < 4.78 is 11.8. The number of fused-ring (bicyclic) bond motifs is 2. The number of aromatic nitrogens is 1. The molecule has 33 heavy (non-hydrogen) atoms. The van der Waals surface area contributed by atoms with Gasteiger partial charge in [0.15, 0.2) is 10.6 Å². The highest BCUT2D eigenvalue weighted by Gasteiger charge is 2.45. The molecule has 2 aromatic heterocycles. The number of halogens is 1. The number of carbonyl (C=O) groups is 2. The number of esters is 1. The molecule has 0 saturated carbocycles. The second-order valence-electron chi connectivity index (χ2n) is 7.43. The molecule has 0 bridgehead atoms. The molecule has 1 aliphatic rings. The summed E-state index contributed by atoms with van der Waals surface area (Å²) >= 11 is 4.45. The predicted octanol–water partition coefficient (Wildman–Crippen LogP) is 5.25. The molecule has 2 aromatic carbocycles. The SMILES string of the molecule is CCOC(=O)c1sc(N2C(=O)c3oc4ccc(Br)cc4c(=O)c3C2c2ccccc2)nc1C. The maximum Gasteiger partial charge on any atom is 0.350 e. The van der Waals surface area contributed by atoms with E-state index in [2.05, 4.69) is 20.9 Å². The van der Waals surface area contributed by atoms with Crippen LogP contribution in [0.25, 0.3) is 11.0 Å².